The Kier molecular flexibility index (Phi) is 3.49. The molecule has 0 radical (unpaired) electrons. The lowest BCUT2D eigenvalue weighted by Gasteiger charge is -2.11. The summed E-state index contributed by atoms with van der Waals surface area (Å²) in [6.07, 6.45) is 3.84. The maximum Gasteiger partial charge on any atom is 0.122 e. The number of aryl methyl sites for hydroxylation is 2. The zero-order valence-electron chi connectivity index (χ0n) is 10.5. The highest BCUT2D eigenvalue weighted by Gasteiger charge is 2.19. The van der Waals surface area contributed by atoms with E-state index in [1.54, 1.807) is 7.11 Å². The molecule has 1 aromatic rings. The number of hydrogen-bond acceptors (Lipinski definition) is 2. The fraction of sp³-hybridized carbons (Fsp3) is 0.571. The molecule has 0 spiro atoms. The lowest BCUT2D eigenvalue weighted by atomic mass is 10.0. The van der Waals surface area contributed by atoms with Crippen molar-refractivity contribution in [1.82, 2.24) is 5.32 Å². The van der Waals surface area contributed by atoms with E-state index in [9.17, 15) is 0 Å². The van der Waals surface area contributed by atoms with Gasteiger partial charge in [0, 0.05) is 6.04 Å². The Morgan fingerprint density at radius 1 is 1.25 bits per heavy atom. The highest BCUT2D eigenvalue weighted by atomic mass is 16.5. The molecule has 2 heteroatoms. The molecule has 1 aromatic carbocycles. The van der Waals surface area contributed by atoms with Gasteiger partial charge in [0.05, 0.1) is 7.11 Å². The fourth-order valence-corrected chi connectivity index (χ4v) is 2.04. The molecule has 0 saturated heterocycles. The van der Waals surface area contributed by atoms with Crippen LogP contribution >= 0.6 is 0 Å². The van der Waals surface area contributed by atoms with Gasteiger partial charge in [-0.2, -0.15) is 0 Å². The van der Waals surface area contributed by atoms with Gasteiger partial charge in [-0.3, -0.25) is 0 Å². The van der Waals surface area contributed by atoms with Gasteiger partial charge < -0.3 is 10.1 Å². The molecule has 0 aromatic heterocycles. The number of benzene rings is 1. The van der Waals surface area contributed by atoms with Crippen molar-refractivity contribution >= 4 is 0 Å². The highest BCUT2D eigenvalue weighted by Crippen LogP contribution is 2.23. The van der Waals surface area contributed by atoms with E-state index in [1.165, 1.54) is 29.5 Å². The van der Waals surface area contributed by atoms with Crippen molar-refractivity contribution in [1.29, 1.82) is 0 Å². The summed E-state index contributed by atoms with van der Waals surface area (Å²) in [6.45, 7) is 5.36. The van der Waals surface area contributed by atoms with Crippen molar-refractivity contribution in [3.63, 3.8) is 0 Å². The molecule has 0 aliphatic heterocycles. The summed E-state index contributed by atoms with van der Waals surface area (Å²) < 4.78 is 5.32. The van der Waals surface area contributed by atoms with Crippen LogP contribution in [0.1, 0.15) is 29.5 Å². The van der Waals surface area contributed by atoms with E-state index >= 15 is 0 Å². The van der Waals surface area contributed by atoms with Crippen LogP contribution in [-0.4, -0.2) is 19.7 Å². The van der Waals surface area contributed by atoms with Gasteiger partial charge in [-0.1, -0.05) is 6.07 Å². The summed E-state index contributed by atoms with van der Waals surface area (Å²) in [5.41, 5.74) is 4.00. The summed E-state index contributed by atoms with van der Waals surface area (Å²) in [4.78, 5) is 0. The summed E-state index contributed by atoms with van der Waals surface area (Å²) in [6, 6.07) is 5.20. The molecular weight excluding hydrogens is 198 g/mol. The Balaban J connectivity index is 1.98. The number of methoxy groups -OCH3 is 1. The molecule has 88 valence electrons. The molecule has 0 bridgehead atoms. The van der Waals surface area contributed by atoms with Gasteiger partial charge in [-0.25, -0.2) is 0 Å². The molecule has 1 fully saturated rings. The Morgan fingerprint density at radius 3 is 2.62 bits per heavy atom. The van der Waals surface area contributed by atoms with Crippen LogP contribution in [0, 0.1) is 13.8 Å². The quantitative estimate of drug-likeness (QED) is 0.822. The Hall–Kier alpha value is -1.02. The van der Waals surface area contributed by atoms with E-state index in [0.717, 1.165) is 24.8 Å². The first kappa shape index (κ1) is 11.5. The molecule has 0 unspecified atom stereocenters. The number of ether oxygens (including phenoxy) is 1. The summed E-state index contributed by atoms with van der Waals surface area (Å²) >= 11 is 0. The van der Waals surface area contributed by atoms with Gasteiger partial charge in [-0.05, 0) is 62.4 Å². The second-order valence-corrected chi connectivity index (χ2v) is 4.73. The second-order valence-electron chi connectivity index (χ2n) is 4.73. The first-order valence-electron chi connectivity index (χ1n) is 6.08. The fourth-order valence-electron chi connectivity index (χ4n) is 2.04. The zero-order valence-corrected chi connectivity index (χ0v) is 10.5. The van der Waals surface area contributed by atoms with Crippen molar-refractivity contribution < 1.29 is 4.74 Å². The minimum Gasteiger partial charge on any atom is -0.496 e. The maximum absolute atomic E-state index is 5.32. The molecule has 2 nitrogen and oxygen atoms in total. The minimum absolute atomic E-state index is 0.805. The average molecular weight is 219 g/mol. The van der Waals surface area contributed by atoms with E-state index in [1.807, 2.05) is 0 Å². The SMILES string of the molecule is COc1cc(C)c(CCNC2CC2)cc1C. The van der Waals surface area contributed by atoms with Crippen LogP contribution in [0.5, 0.6) is 5.75 Å². The normalized spacial score (nSPS) is 15.2. The molecule has 2 rings (SSSR count). The average Bonchev–Trinajstić information content (AvgIpc) is 3.06. The van der Waals surface area contributed by atoms with Crippen LogP contribution < -0.4 is 10.1 Å². The van der Waals surface area contributed by atoms with Gasteiger partial charge in [0.2, 0.25) is 0 Å². The van der Waals surface area contributed by atoms with Crippen molar-refractivity contribution in [3.05, 3.63) is 28.8 Å². The standard InChI is InChI=1S/C14H21NO/c1-10-9-14(16-3)11(2)8-12(10)6-7-15-13-4-5-13/h8-9,13,15H,4-7H2,1-3H3. The number of hydrogen-bond donors (Lipinski definition) is 1. The molecule has 1 saturated carbocycles. The predicted molar refractivity (Wildman–Crippen MR) is 67.2 cm³/mol. The van der Waals surface area contributed by atoms with Gasteiger partial charge in [0.15, 0.2) is 0 Å². The van der Waals surface area contributed by atoms with Crippen LogP contribution in [0.15, 0.2) is 12.1 Å². The second kappa shape index (κ2) is 4.88. The summed E-state index contributed by atoms with van der Waals surface area (Å²) in [5.74, 6) is 0.997. The lowest BCUT2D eigenvalue weighted by Crippen LogP contribution is -2.19. The molecule has 1 N–H and O–H groups in total. The molecule has 1 aliphatic rings. The Morgan fingerprint density at radius 2 is 2.00 bits per heavy atom. The van der Waals surface area contributed by atoms with E-state index < -0.39 is 0 Å². The maximum atomic E-state index is 5.32. The molecule has 1 aliphatic carbocycles. The van der Waals surface area contributed by atoms with E-state index in [4.69, 9.17) is 4.74 Å². The third kappa shape index (κ3) is 2.76. The van der Waals surface area contributed by atoms with Crippen molar-refractivity contribution in [2.75, 3.05) is 13.7 Å². The predicted octanol–water partition coefficient (Wildman–Crippen LogP) is 2.61. The van der Waals surface area contributed by atoms with Gasteiger partial charge in [0.25, 0.3) is 0 Å². The summed E-state index contributed by atoms with van der Waals surface area (Å²) in [7, 11) is 1.73. The lowest BCUT2D eigenvalue weighted by molar-refractivity contribution is 0.411. The van der Waals surface area contributed by atoms with Gasteiger partial charge in [0.1, 0.15) is 5.75 Å². The van der Waals surface area contributed by atoms with Gasteiger partial charge in [-0.15, -0.1) is 0 Å². The third-order valence-corrected chi connectivity index (χ3v) is 3.26. The Labute approximate surface area is 98.0 Å². The zero-order chi connectivity index (χ0) is 11.5. The number of rotatable bonds is 5. The van der Waals surface area contributed by atoms with Crippen molar-refractivity contribution in [2.45, 2.75) is 39.2 Å². The van der Waals surface area contributed by atoms with Crippen molar-refractivity contribution in [3.8, 4) is 5.75 Å². The van der Waals surface area contributed by atoms with E-state index in [2.05, 4.69) is 31.3 Å². The molecule has 16 heavy (non-hydrogen) atoms. The molecule has 0 heterocycles. The number of nitrogens with one attached hydrogen (secondary N) is 1. The van der Waals surface area contributed by atoms with Crippen LogP contribution in [0.3, 0.4) is 0 Å². The largest absolute Gasteiger partial charge is 0.496 e. The van der Waals surface area contributed by atoms with Crippen LogP contribution in [-0.2, 0) is 6.42 Å². The first-order chi connectivity index (χ1) is 7.70. The Bertz CT molecular complexity index is 369. The molecule has 0 atom stereocenters. The van der Waals surface area contributed by atoms with Crippen molar-refractivity contribution in [2.24, 2.45) is 0 Å². The smallest absolute Gasteiger partial charge is 0.122 e. The molecule has 0 amide bonds. The monoisotopic (exact) mass is 219 g/mol. The van der Waals surface area contributed by atoms with Crippen LogP contribution in [0.4, 0.5) is 0 Å². The third-order valence-electron chi connectivity index (χ3n) is 3.26. The molecular formula is C14H21NO. The van der Waals surface area contributed by atoms with Gasteiger partial charge >= 0.3 is 0 Å². The highest BCUT2D eigenvalue weighted by molar-refractivity contribution is 5.41. The van der Waals surface area contributed by atoms with E-state index in [0.29, 0.717) is 0 Å². The topological polar surface area (TPSA) is 21.3 Å². The minimum atomic E-state index is 0.805. The van der Waals surface area contributed by atoms with Crippen LogP contribution in [0.2, 0.25) is 0 Å². The van der Waals surface area contributed by atoms with Crippen LogP contribution in [0.25, 0.3) is 0 Å². The first-order valence-corrected chi connectivity index (χ1v) is 6.08. The summed E-state index contributed by atoms with van der Waals surface area (Å²) in [5, 5.41) is 3.55. The van der Waals surface area contributed by atoms with E-state index in [-0.39, 0.29) is 0 Å².